The summed E-state index contributed by atoms with van der Waals surface area (Å²) in [4.78, 5) is 0. The molecule has 1 aromatic carbocycles. The lowest BCUT2D eigenvalue weighted by Gasteiger charge is -2.20. The Morgan fingerprint density at radius 2 is 1.80 bits per heavy atom. The number of hydrogen-bond donors (Lipinski definition) is 1. The van der Waals surface area contributed by atoms with Crippen molar-refractivity contribution in [1.82, 2.24) is 5.32 Å². The van der Waals surface area contributed by atoms with Crippen LogP contribution in [-0.4, -0.2) is 5.54 Å². The first kappa shape index (κ1) is 15.0. The van der Waals surface area contributed by atoms with Gasteiger partial charge in [-0.25, -0.2) is 0 Å². The minimum absolute atomic E-state index is 0. The maximum absolute atomic E-state index is 6.03. The number of hydrogen-bond acceptors (Lipinski definition) is 1. The molecular formula is C11H15Cl3N-. The lowest BCUT2D eigenvalue weighted by molar-refractivity contribution is -0.00000347. The summed E-state index contributed by atoms with van der Waals surface area (Å²) in [6, 6.07) is 5.57. The van der Waals surface area contributed by atoms with Crippen LogP contribution < -0.4 is 17.7 Å². The van der Waals surface area contributed by atoms with Crippen LogP contribution >= 0.6 is 23.2 Å². The van der Waals surface area contributed by atoms with Crippen molar-refractivity contribution in [3.8, 4) is 0 Å². The molecule has 1 aromatic rings. The van der Waals surface area contributed by atoms with E-state index in [1.807, 2.05) is 12.1 Å². The van der Waals surface area contributed by atoms with Gasteiger partial charge in [-0.15, -0.1) is 0 Å². The molecule has 1 N–H and O–H groups in total. The van der Waals surface area contributed by atoms with Gasteiger partial charge in [0.15, 0.2) is 0 Å². The summed E-state index contributed by atoms with van der Waals surface area (Å²) in [5, 5.41) is 4.76. The van der Waals surface area contributed by atoms with E-state index in [2.05, 4.69) is 26.1 Å². The molecule has 0 atom stereocenters. The minimum Gasteiger partial charge on any atom is -1.00 e. The second-order valence-corrected chi connectivity index (χ2v) is 5.18. The molecule has 0 aliphatic heterocycles. The van der Waals surface area contributed by atoms with Gasteiger partial charge in [0.05, 0.1) is 0 Å². The largest absolute Gasteiger partial charge is 1.00 e. The van der Waals surface area contributed by atoms with Gasteiger partial charge in [0, 0.05) is 22.1 Å². The third-order valence-electron chi connectivity index (χ3n) is 1.82. The highest BCUT2D eigenvalue weighted by molar-refractivity contribution is 6.35. The second-order valence-electron chi connectivity index (χ2n) is 4.34. The smallest absolute Gasteiger partial charge is 0.0465 e. The molecule has 0 heterocycles. The Kier molecular flexibility index (Phi) is 5.97. The zero-order valence-electron chi connectivity index (χ0n) is 9.07. The van der Waals surface area contributed by atoms with Crippen molar-refractivity contribution in [2.75, 3.05) is 0 Å². The maximum atomic E-state index is 6.03. The SMILES string of the molecule is CC(C)(C)NCc1ccc(Cl)cc1Cl.[Cl-]. The van der Waals surface area contributed by atoms with Gasteiger partial charge in [-0.05, 0) is 38.5 Å². The summed E-state index contributed by atoms with van der Waals surface area (Å²) in [5.41, 5.74) is 1.18. The summed E-state index contributed by atoms with van der Waals surface area (Å²) in [7, 11) is 0. The first-order valence-electron chi connectivity index (χ1n) is 4.57. The van der Waals surface area contributed by atoms with Gasteiger partial charge >= 0.3 is 0 Å². The maximum Gasteiger partial charge on any atom is 0.0465 e. The Bertz CT molecular complexity index is 318. The van der Waals surface area contributed by atoms with E-state index < -0.39 is 0 Å². The fourth-order valence-corrected chi connectivity index (χ4v) is 1.50. The molecule has 0 radical (unpaired) electrons. The molecule has 4 heteroatoms. The summed E-state index contributed by atoms with van der Waals surface area (Å²) in [6.07, 6.45) is 0. The number of benzene rings is 1. The number of rotatable bonds is 2. The Labute approximate surface area is 108 Å². The standard InChI is InChI=1S/C11H15Cl2N.ClH/c1-11(2,3)14-7-8-4-5-9(12)6-10(8)13;/h4-6,14H,7H2,1-3H3;1H/p-1. The Morgan fingerprint density at radius 3 is 2.27 bits per heavy atom. The van der Waals surface area contributed by atoms with E-state index in [1.54, 1.807) is 6.07 Å². The third kappa shape index (κ3) is 5.62. The van der Waals surface area contributed by atoms with Crippen molar-refractivity contribution in [2.45, 2.75) is 32.9 Å². The monoisotopic (exact) mass is 266 g/mol. The van der Waals surface area contributed by atoms with E-state index in [0.717, 1.165) is 12.1 Å². The summed E-state index contributed by atoms with van der Waals surface area (Å²) >= 11 is 11.8. The predicted octanol–water partition coefficient (Wildman–Crippen LogP) is 0.885. The van der Waals surface area contributed by atoms with Crippen molar-refractivity contribution in [1.29, 1.82) is 0 Å². The normalized spacial score (nSPS) is 11.0. The van der Waals surface area contributed by atoms with E-state index in [9.17, 15) is 0 Å². The Morgan fingerprint density at radius 1 is 1.20 bits per heavy atom. The molecule has 0 aliphatic carbocycles. The van der Waals surface area contributed by atoms with Crippen molar-refractivity contribution in [2.24, 2.45) is 0 Å². The summed E-state index contributed by atoms with van der Waals surface area (Å²) in [6.45, 7) is 7.13. The van der Waals surface area contributed by atoms with Crippen LogP contribution in [0, 0.1) is 0 Å². The van der Waals surface area contributed by atoms with Gasteiger partial charge in [-0.2, -0.15) is 0 Å². The zero-order valence-corrected chi connectivity index (χ0v) is 11.3. The van der Waals surface area contributed by atoms with E-state index in [4.69, 9.17) is 23.2 Å². The van der Waals surface area contributed by atoms with Crippen molar-refractivity contribution in [3.63, 3.8) is 0 Å². The molecule has 0 aromatic heterocycles. The van der Waals surface area contributed by atoms with Gasteiger partial charge in [0.1, 0.15) is 0 Å². The highest BCUT2D eigenvalue weighted by atomic mass is 35.5. The molecule has 0 saturated heterocycles. The highest BCUT2D eigenvalue weighted by Gasteiger charge is 2.09. The molecule has 0 spiro atoms. The topological polar surface area (TPSA) is 12.0 Å². The fraction of sp³-hybridized carbons (Fsp3) is 0.455. The average molecular weight is 268 g/mol. The molecule has 0 fully saturated rings. The van der Waals surface area contributed by atoms with E-state index in [-0.39, 0.29) is 17.9 Å². The average Bonchev–Trinajstić information content (AvgIpc) is 2.00. The molecule has 15 heavy (non-hydrogen) atoms. The van der Waals surface area contributed by atoms with Crippen LogP contribution in [0.2, 0.25) is 10.0 Å². The molecule has 1 rings (SSSR count). The van der Waals surface area contributed by atoms with Crippen LogP contribution in [0.4, 0.5) is 0 Å². The lowest BCUT2D eigenvalue weighted by atomic mass is 10.1. The summed E-state index contributed by atoms with van der Waals surface area (Å²) < 4.78 is 0. The molecule has 1 nitrogen and oxygen atoms in total. The van der Waals surface area contributed by atoms with Gasteiger partial charge in [0.25, 0.3) is 0 Å². The van der Waals surface area contributed by atoms with Gasteiger partial charge in [0.2, 0.25) is 0 Å². The van der Waals surface area contributed by atoms with Crippen molar-refractivity contribution in [3.05, 3.63) is 33.8 Å². The predicted molar refractivity (Wildman–Crippen MR) is 63.1 cm³/mol. The van der Waals surface area contributed by atoms with Crippen molar-refractivity contribution >= 4 is 23.2 Å². The van der Waals surface area contributed by atoms with Crippen LogP contribution in [-0.2, 0) is 6.54 Å². The van der Waals surface area contributed by atoms with Gasteiger partial charge in [-0.3, -0.25) is 0 Å². The molecule has 0 amide bonds. The third-order valence-corrected chi connectivity index (χ3v) is 2.41. The zero-order chi connectivity index (χ0) is 10.8. The van der Waals surface area contributed by atoms with E-state index >= 15 is 0 Å². The fourth-order valence-electron chi connectivity index (χ4n) is 1.03. The molecule has 0 saturated carbocycles. The van der Waals surface area contributed by atoms with E-state index in [1.165, 1.54) is 0 Å². The number of halogens is 3. The van der Waals surface area contributed by atoms with E-state index in [0.29, 0.717) is 10.0 Å². The van der Waals surface area contributed by atoms with Crippen LogP contribution in [0.3, 0.4) is 0 Å². The second kappa shape index (κ2) is 5.95. The highest BCUT2D eigenvalue weighted by Crippen LogP contribution is 2.21. The Hall–Kier alpha value is 0.0500. The Balaban J connectivity index is 0.00000196. The van der Waals surface area contributed by atoms with Crippen LogP contribution in [0.5, 0.6) is 0 Å². The molecule has 0 aliphatic rings. The molecular weight excluding hydrogens is 252 g/mol. The van der Waals surface area contributed by atoms with Crippen LogP contribution in [0.15, 0.2) is 18.2 Å². The van der Waals surface area contributed by atoms with Crippen LogP contribution in [0.25, 0.3) is 0 Å². The van der Waals surface area contributed by atoms with Gasteiger partial charge < -0.3 is 17.7 Å². The molecule has 0 unspecified atom stereocenters. The quantitative estimate of drug-likeness (QED) is 0.839. The minimum atomic E-state index is 0. The van der Waals surface area contributed by atoms with Gasteiger partial charge in [-0.1, -0.05) is 29.3 Å². The lowest BCUT2D eigenvalue weighted by Crippen LogP contribution is -3.00. The molecule has 86 valence electrons. The van der Waals surface area contributed by atoms with Crippen molar-refractivity contribution < 1.29 is 12.4 Å². The summed E-state index contributed by atoms with van der Waals surface area (Å²) in [5.74, 6) is 0. The number of nitrogens with one attached hydrogen (secondary N) is 1. The molecule has 0 bridgehead atoms. The van der Waals surface area contributed by atoms with Crippen LogP contribution in [0.1, 0.15) is 26.3 Å². The first-order valence-corrected chi connectivity index (χ1v) is 5.33. The first-order chi connectivity index (χ1) is 6.38.